The summed E-state index contributed by atoms with van der Waals surface area (Å²) < 4.78 is 5.55. The van der Waals surface area contributed by atoms with Crippen molar-refractivity contribution in [2.45, 2.75) is 79.8 Å². The fourth-order valence-corrected chi connectivity index (χ4v) is 3.27. The fourth-order valence-electron chi connectivity index (χ4n) is 3.27. The van der Waals surface area contributed by atoms with Crippen molar-refractivity contribution in [3.63, 3.8) is 0 Å². The molecule has 3 nitrogen and oxygen atoms in total. The first-order chi connectivity index (χ1) is 9.52. The molecule has 0 unspecified atom stereocenters. The smallest absolute Gasteiger partial charge is 0.139 e. The van der Waals surface area contributed by atoms with Crippen LogP contribution >= 0.6 is 0 Å². The average Bonchev–Trinajstić information content (AvgIpc) is 2.50. The lowest BCUT2D eigenvalue weighted by atomic mass is 9.45. The van der Waals surface area contributed by atoms with Crippen LogP contribution in [-0.4, -0.2) is 30.2 Å². The number of ketones is 1. The van der Waals surface area contributed by atoms with Crippen LogP contribution in [0.25, 0.3) is 0 Å². The molecule has 0 radical (unpaired) electrons. The minimum absolute atomic E-state index is 0.103. The number of hydrogen-bond acceptors (Lipinski definition) is 3. The molecule has 0 aromatic carbocycles. The summed E-state index contributed by atoms with van der Waals surface area (Å²) in [5.74, 6) is 0.419. The van der Waals surface area contributed by atoms with E-state index in [2.05, 4.69) is 13.8 Å². The van der Waals surface area contributed by atoms with Crippen molar-refractivity contribution in [3.05, 3.63) is 0 Å². The van der Waals surface area contributed by atoms with Crippen molar-refractivity contribution in [2.75, 3.05) is 13.2 Å². The molecule has 2 rings (SSSR count). The second kappa shape index (κ2) is 8.78. The zero-order valence-corrected chi connectivity index (χ0v) is 14.3. The standard InChI is InChI=1S/C13H22O3.2C2H6/c1-12(2)11(15)9-13(12)5-3-10(4-6-13)16-8-7-14;2*1-2/h10,14H,3-9H2,1-2H3;2*1-2H3. The largest absolute Gasteiger partial charge is 0.394 e. The van der Waals surface area contributed by atoms with Crippen LogP contribution in [0.1, 0.15) is 73.6 Å². The zero-order chi connectivity index (χ0) is 15.8. The maximum atomic E-state index is 11.6. The number of ether oxygens (including phenoxy) is 1. The van der Waals surface area contributed by atoms with Gasteiger partial charge >= 0.3 is 0 Å². The van der Waals surface area contributed by atoms with Crippen LogP contribution < -0.4 is 0 Å². The van der Waals surface area contributed by atoms with Gasteiger partial charge in [-0.1, -0.05) is 41.5 Å². The highest BCUT2D eigenvalue weighted by molar-refractivity contribution is 5.92. The fraction of sp³-hybridized carbons (Fsp3) is 0.941. The summed E-state index contributed by atoms with van der Waals surface area (Å²) in [5.41, 5.74) is 0.137. The van der Waals surface area contributed by atoms with Gasteiger partial charge < -0.3 is 9.84 Å². The molecular weight excluding hydrogens is 252 g/mol. The Balaban J connectivity index is 0.000000829. The lowest BCUT2D eigenvalue weighted by Crippen LogP contribution is -2.57. The highest BCUT2D eigenvalue weighted by atomic mass is 16.5. The molecule has 0 saturated heterocycles. The molecule has 0 bridgehead atoms. The Bertz CT molecular complexity index is 276. The van der Waals surface area contributed by atoms with Gasteiger partial charge in [-0.15, -0.1) is 0 Å². The highest BCUT2D eigenvalue weighted by Gasteiger charge is 2.59. The van der Waals surface area contributed by atoms with Crippen LogP contribution in [0.4, 0.5) is 0 Å². The lowest BCUT2D eigenvalue weighted by Gasteiger charge is -2.57. The number of Topliss-reactive ketones (excluding diaryl/α,β-unsaturated/α-hetero) is 1. The van der Waals surface area contributed by atoms with Gasteiger partial charge in [0.05, 0.1) is 19.3 Å². The number of carbonyl (C=O) groups excluding carboxylic acids is 1. The van der Waals surface area contributed by atoms with Crippen LogP contribution in [-0.2, 0) is 9.53 Å². The molecule has 1 N–H and O–H groups in total. The van der Waals surface area contributed by atoms with Gasteiger partial charge in [0.25, 0.3) is 0 Å². The third-order valence-corrected chi connectivity index (χ3v) is 4.86. The van der Waals surface area contributed by atoms with Gasteiger partial charge in [0.1, 0.15) is 5.78 Å². The molecule has 0 atom stereocenters. The molecule has 0 aromatic heterocycles. The third kappa shape index (κ3) is 3.82. The maximum Gasteiger partial charge on any atom is 0.139 e. The number of aliphatic hydroxyl groups is 1. The predicted molar refractivity (Wildman–Crippen MR) is 83.8 cm³/mol. The Morgan fingerprint density at radius 1 is 1.15 bits per heavy atom. The Morgan fingerprint density at radius 3 is 2.00 bits per heavy atom. The Morgan fingerprint density at radius 2 is 1.65 bits per heavy atom. The van der Waals surface area contributed by atoms with E-state index >= 15 is 0 Å². The van der Waals surface area contributed by atoms with Gasteiger partial charge in [-0.3, -0.25) is 4.79 Å². The number of hydrogen-bond donors (Lipinski definition) is 1. The Labute approximate surface area is 125 Å². The van der Waals surface area contributed by atoms with Crippen molar-refractivity contribution in [1.29, 1.82) is 0 Å². The summed E-state index contributed by atoms with van der Waals surface area (Å²) in [6, 6.07) is 0. The van der Waals surface area contributed by atoms with Crippen molar-refractivity contribution >= 4 is 5.78 Å². The molecule has 20 heavy (non-hydrogen) atoms. The van der Waals surface area contributed by atoms with Crippen LogP contribution in [0.3, 0.4) is 0 Å². The van der Waals surface area contributed by atoms with Gasteiger partial charge in [-0.25, -0.2) is 0 Å². The minimum Gasteiger partial charge on any atom is -0.394 e. The quantitative estimate of drug-likeness (QED) is 0.853. The molecule has 2 aliphatic rings. The number of rotatable bonds is 3. The van der Waals surface area contributed by atoms with Gasteiger partial charge in [-0.2, -0.15) is 0 Å². The Kier molecular flexibility index (Phi) is 8.60. The first kappa shape index (κ1) is 19.6. The summed E-state index contributed by atoms with van der Waals surface area (Å²) in [6.07, 6.45) is 5.34. The molecule has 0 heterocycles. The SMILES string of the molecule is CC.CC.CC1(C)C(=O)CC12CCC(OCCO)CC2. The van der Waals surface area contributed by atoms with E-state index in [0.717, 1.165) is 32.1 Å². The predicted octanol–water partition coefficient (Wildman–Crippen LogP) is 3.98. The molecule has 120 valence electrons. The first-order valence-electron chi connectivity index (χ1n) is 8.28. The molecule has 0 aliphatic heterocycles. The van der Waals surface area contributed by atoms with Gasteiger partial charge in [0.2, 0.25) is 0 Å². The molecule has 1 spiro atoms. The summed E-state index contributed by atoms with van der Waals surface area (Å²) in [6.45, 7) is 12.7. The van der Waals surface area contributed by atoms with Crippen LogP contribution in [0.15, 0.2) is 0 Å². The molecule has 2 aliphatic carbocycles. The molecular formula is C17H34O3. The van der Waals surface area contributed by atoms with E-state index in [1.54, 1.807) is 0 Å². The summed E-state index contributed by atoms with van der Waals surface area (Å²) in [4.78, 5) is 11.6. The van der Waals surface area contributed by atoms with E-state index in [-0.39, 0.29) is 17.4 Å². The van der Waals surface area contributed by atoms with Crippen LogP contribution in [0.5, 0.6) is 0 Å². The van der Waals surface area contributed by atoms with Crippen molar-refractivity contribution in [2.24, 2.45) is 10.8 Å². The molecule has 2 fully saturated rings. The van der Waals surface area contributed by atoms with Gasteiger partial charge in [-0.05, 0) is 31.1 Å². The van der Waals surface area contributed by atoms with Crippen LogP contribution in [0, 0.1) is 10.8 Å². The molecule has 3 heteroatoms. The average molecular weight is 286 g/mol. The summed E-state index contributed by atoms with van der Waals surface area (Å²) in [5, 5.41) is 8.71. The number of carbonyl (C=O) groups is 1. The summed E-state index contributed by atoms with van der Waals surface area (Å²) in [7, 11) is 0. The second-order valence-electron chi connectivity index (χ2n) is 5.80. The first-order valence-corrected chi connectivity index (χ1v) is 8.28. The van der Waals surface area contributed by atoms with Crippen molar-refractivity contribution < 1.29 is 14.6 Å². The van der Waals surface area contributed by atoms with Crippen molar-refractivity contribution in [1.82, 2.24) is 0 Å². The van der Waals surface area contributed by atoms with E-state index < -0.39 is 0 Å². The third-order valence-electron chi connectivity index (χ3n) is 4.86. The van der Waals surface area contributed by atoms with Gasteiger partial charge in [0.15, 0.2) is 0 Å². The summed E-state index contributed by atoms with van der Waals surface area (Å²) >= 11 is 0. The topological polar surface area (TPSA) is 46.5 Å². The minimum atomic E-state index is -0.116. The van der Waals surface area contributed by atoms with E-state index in [0.29, 0.717) is 18.5 Å². The monoisotopic (exact) mass is 286 g/mol. The number of aliphatic hydroxyl groups excluding tert-OH is 1. The van der Waals surface area contributed by atoms with E-state index in [4.69, 9.17) is 9.84 Å². The maximum absolute atomic E-state index is 11.6. The van der Waals surface area contributed by atoms with Crippen molar-refractivity contribution in [3.8, 4) is 0 Å². The molecule has 2 saturated carbocycles. The van der Waals surface area contributed by atoms with E-state index in [1.807, 2.05) is 27.7 Å². The lowest BCUT2D eigenvalue weighted by molar-refractivity contribution is -0.165. The molecule has 0 aromatic rings. The Hall–Kier alpha value is -0.410. The normalized spacial score (nSPS) is 30.6. The van der Waals surface area contributed by atoms with E-state index in [9.17, 15) is 4.79 Å². The highest BCUT2D eigenvalue weighted by Crippen LogP contribution is 2.61. The second-order valence-corrected chi connectivity index (χ2v) is 5.80. The van der Waals surface area contributed by atoms with Gasteiger partial charge in [0, 0.05) is 11.8 Å². The zero-order valence-electron chi connectivity index (χ0n) is 14.3. The molecule has 0 amide bonds. The van der Waals surface area contributed by atoms with E-state index in [1.165, 1.54) is 0 Å². The van der Waals surface area contributed by atoms with Crippen LogP contribution in [0.2, 0.25) is 0 Å².